The van der Waals surface area contributed by atoms with Gasteiger partial charge in [0.2, 0.25) is 5.95 Å². The Kier molecular flexibility index (Phi) is 4.99. The number of fused-ring (bicyclic) bond motifs is 1. The fourth-order valence-electron chi connectivity index (χ4n) is 4.80. The molecule has 0 amide bonds. The van der Waals surface area contributed by atoms with Crippen molar-refractivity contribution >= 4 is 11.6 Å². The molecular formula is C22H28FN5O. The Morgan fingerprint density at radius 3 is 2.45 bits per heavy atom. The van der Waals surface area contributed by atoms with E-state index in [1.165, 1.54) is 0 Å². The zero-order chi connectivity index (χ0) is 19.8. The van der Waals surface area contributed by atoms with Crippen molar-refractivity contribution in [1.82, 2.24) is 14.9 Å². The molecule has 2 saturated heterocycles. The molecule has 29 heavy (non-hydrogen) atoms. The van der Waals surface area contributed by atoms with Gasteiger partial charge in [-0.15, -0.1) is 0 Å². The predicted octanol–water partition coefficient (Wildman–Crippen LogP) is 2.67. The van der Waals surface area contributed by atoms with Gasteiger partial charge >= 0.3 is 0 Å². The molecule has 0 bridgehead atoms. The summed E-state index contributed by atoms with van der Waals surface area (Å²) in [5, 5.41) is 0. The maximum atomic E-state index is 14.6. The number of anilines is 2. The minimum atomic E-state index is -0.142. The van der Waals surface area contributed by atoms with Crippen molar-refractivity contribution in [1.29, 1.82) is 0 Å². The number of hydrogen-bond acceptors (Lipinski definition) is 5. The monoisotopic (exact) mass is 397 g/mol. The third kappa shape index (κ3) is 3.75. The standard InChI is InChI=1S/C22H28FN5O/c23-18-13-16(5-6-20(18)27-8-1-2-9-27)14-26-12-7-19-17(15-26)21(29)25-22(24-19)28-10-3-4-11-28/h5-6,13H,1-4,7-12,14-15H2,(H,24,25,29). The first-order valence-corrected chi connectivity index (χ1v) is 10.8. The summed E-state index contributed by atoms with van der Waals surface area (Å²) in [6.07, 6.45) is 5.34. The summed E-state index contributed by atoms with van der Waals surface area (Å²) in [6.45, 7) is 5.85. The molecule has 154 valence electrons. The Bertz CT molecular complexity index is 947. The van der Waals surface area contributed by atoms with E-state index < -0.39 is 0 Å². The summed E-state index contributed by atoms with van der Waals surface area (Å²) in [7, 11) is 0. The van der Waals surface area contributed by atoms with Crippen molar-refractivity contribution in [3.63, 3.8) is 0 Å². The second-order valence-corrected chi connectivity index (χ2v) is 8.45. The van der Waals surface area contributed by atoms with E-state index in [2.05, 4.69) is 19.7 Å². The molecule has 0 saturated carbocycles. The van der Waals surface area contributed by atoms with Gasteiger partial charge in [-0.25, -0.2) is 9.37 Å². The molecular weight excluding hydrogens is 369 g/mol. The lowest BCUT2D eigenvalue weighted by atomic mass is 10.1. The second-order valence-electron chi connectivity index (χ2n) is 8.45. The molecule has 1 aromatic carbocycles. The highest BCUT2D eigenvalue weighted by Crippen LogP contribution is 2.26. The number of halogens is 1. The zero-order valence-electron chi connectivity index (χ0n) is 16.8. The average Bonchev–Trinajstić information content (AvgIpc) is 3.43. The van der Waals surface area contributed by atoms with E-state index in [9.17, 15) is 9.18 Å². The SMILES string of the molecule is O=c1[nH]c(N2CCCC2)nc2c1CN(Cc1ccc(N3CCCC3)c(F)c1)CC2. The quantitative estimate of drug-likeness (QED) is 0.860. The minimum absolute atomic E-state index is 0.0304. The summed E-state index contributed by atoms with van der Waals surface area (Å²) >= 11 is 0. The molecule has 4 heterocycles. The van der Waals surface area contributed by atoms with Crippen LogP contribution in [0.5, 0.6) is 0 Å². The van der Waals surface area contributed by atoms with E-state index in [0.717, 1.165) is 87.6 Å². The van der Waals surface area contributed by atoms with Crippen LogP contribution in [0.4, 0.5) is 16.0 Å². The fourth-order valence-corrected chi connectivity index (χ4v) is 4.80. The Balaban J connectivity index is 1.30. The van der Waals surface area contributed by atoms with Crippen molar-refractivity contribution in [3.8, 4) is 0 Å². The number of nitrogens with one attached hydrogen (secondary N) is 1. The highest BCUT2D eigenvalue weighted by Gasteiger charge is 2.24. The van der Waals surface area contributed by atoms with E-state index in [0.29, 0.717) is 18.8 Å². The third-order valence-corrected chi connectivity index (χ3v) is 6.41. The maximum absolute atomic E-state index is 14.6. The van der Waals surface area contributed by atoms with Crippen LogP contribution in [0.15, 0.2) is 23.0 Å². The number of aromatic nitrogens is 2. The van der Waals surface area contributed by atoms with Crippen molar-refractivity contribution in [3.05, 3.63) is 51.2 Å². The number of benzene rings is 1. The summed E-state index contributed by atoms with van der Waals surface area (Å²) in [5.41, 5.74) is 3.31. The zero-order valence-corrected chi connectivity index (χ0v) is 16.8. The maximum Gasteiger partial charge on any atom is 0.257 e. The van der Waals surface area contributed by atoms with Crippen LogP contribution in [0.25, 0.3) is 0 Å². The van der Waals surface area contributed by atoms with Gasteiger partial charge in [0.05, 0.1) is 16.9 Å². The lowest BCUT2D eigenvalue weighted by molar-refractivity contribution is 0.241. The van der Waals surface area contributed by atoms with Crippen LogP contribution in [-0.4, -0.2) is 47.6 Å². The van der Waals surface area contributed by atoms with Gasteiger partial charge in [-0.2, -0.15) is 0 Å². The third-order valence-electron chi connectivity index (χ3n) is 6.41. The summed E-state index contributed by atoms with van der Waals surface area (Å²) in [5.74, 6) is 0.579. The molecule has 0 unspecified atom stereocenters. The van der Waals surface area contributed by atoms with Crippen LogP contribution in [0.2, 0.25) is 0 Å². The van der Waals surface area contributed by atoms with E-state index in [1.807, 2.05) is 12.1 Å². The van der Waals surface area contributed by atoms with Crippen molar-refractivity contribution in [2.24, 2.45) is 0 Å². The van der Waals surface area contributed by atoms with Crippen LogP contribution in [-0.2, 0) is 19.5 Å². The van der Waals surface area contributed by atoms with Crippen LogP contribution in [0.1, 0.15) is 42.5 Å². The van der Waals surface area contributed by atoms with Gasteiger partial charge in [-0.05, 0) is 43.4 Å². The Hall–Kier alpha value is -2.41. The topological polar surface area (TPSA) is 55.5 Å². The van der Waals surface area contributed by atoms with Gasteiger partial charge < -0.3 is 9.80 Å². The normalized spacial score (nSPS) is 19.8. The fraction of sp³-hybridized carbons (Fsp3) is 0.545. The molecule has 7 heteroatoms. The predicted molar refractivity (Wildman–Crippen MR) is 112 cm³/mol. The minimum Gasteiger partial charge on any atom is -0.369 e. The number of hydrogen-bond donors (Lipinski definition) is 1. The number of nitrogens with zero attached hydrogens (tertiary/aromatic N) is 4. The van der Waals surface area contributed by atoms with E-state index in [-0.39, 0.29) is 11.4 Å². The lowest BCUT2D eigenvalue weighted by Crippen LogP contribution is -2.36. The molecule has 6 nitrogen and oxygen atoms in total. The second kappa shape index (κ2) is 7.78. The highest BCUT2D eigenvalue weighted by atomic mass is 19.1. The Morgan fingerprint density at radius 2 is 1.72 bits per heavy atom. The van der Waals surface area contributed by atoms with Crippen LogP contribution in [0.3, 0.4) is 0 Å². The smallest absolute Gasteiger partial charge is 0.257 e. The molecule has 0 radical (unpaired) electrons. The van der Waals surface area contributed by atoms with Gasteiger partial charge in [-0.3, -0.25) is 14.7 Å². The van der Waals surface area contributed by atoms with Crippen LogP contribution >= 0.6 is 0 Å². The van der Waals surface area contributed by atoms with E-state index in [4.69, 9.17) is 4.98 Å². The first-order chi connectivity index (χ1) is 14.2. The van der Waals surface area contributed by atoms with Crippen molar-refractivity contribution in [2.75, 3.05) is 42.5 Å². The summed E-state index contributed by atoms with van der Waals surface area (Å²) in [6, 6.07) is 5.58. The molecule has 0 spiro atoms. The molecule has 1 N–H and O–H groups in total. The first kappa shape index (κ1) is 18.6. The molecule has 5 rings (SSSR count). The van der Waals surface area contributed by atoms with Gasteiger partial charge in [-0.1, -0.05) is 6.07 Å². The number of aromatic amines is 1. The Morgan fingerprint density at radius 1 is 1.00 bits per heavy atom. The van der Waals surface area contributed by atoms with Gasteiger partial charge in [0.25, 0.3) is 5.56 Å². The van der Waals surface area contributed by atoms with Crippen molar-refractivity contribution in [2.45, 2.75) is 45.2 Å². The molecule has 3 aliphatic rings. The molecule has 2 aromatic rings. The van der Waals surface area contributed by atoms with E-state index >= 15 is 0 Å². The molecule has 2 fully saturated rings. The largest absolute Gasteiger partial charge is 0.369 e. The Labute approximate surface area is 170 Å². The number of rotatable bonds is 4. The summed E-state index contributed by atoms with van der Waals surface area (Å²) < 4.78 is 14.6. The average molecular weight is 397 g/mol. The van der Waals surface area contributed by atoms with E-state index in [1.54, 1.807) is 6.07 Å². The van der Waals surface area contributed by atoms with Gasteiger partial charge in [0.1, 0.15) is 5.82 Å². The highest BCUT2D eigenvalue weighted by molar-refractivity contribution is 5.50. The molecule has 3 aliphatic heterocycles. The van der Waals surface area contributed by atoms with Crippen molar-refractivity contribution < 1.29 is 4.39 Å². The molecule has 1 aromatic heterocycles. The number of H-pyrrole nitrogens is 1. The van der Waals surface area contributed by atoms with Crippen LogP contribution in [0, 0.1) is 5.82 Å². The first-order valence-electron chi connectivity index (χ1n) is 10.8. The van der Waals surface area contributed by atoms with Crippen LogP contribution < -0.4 is 15.4 Å². The van der Waals surface area contributed by atoms with Gasteiger partial charge in [0.15, 0.2) is 0 Å². The molecule has 0 atom stereocenters. The lowest BCUT2D eigenvalue weighted by Gasteiger charge is -2.28. The summed E-state index contributed by atoms with van der Waals surface area (Å²) in [4.78, 5) is 26.9. The molecule has 0 aliphatic carbocycles. The van der Waals surface area contributed by atoms with Gasteiger partial charge in [0, 0.05) is 52.2 Å².